The lowest BCUT2D eigenvalue weighted by Crippen LogP contribution is -2.57. The number of rotatable bonds is 1. The van der Waals surface area contributed by atoms with Crippen LogP contribution in [0.25, 0.3) is 48.7 Å². The minimum atomic E-state index is -0.763. The summed E-state index contributed by atoms with van der Waals surface area (Å²) in [5.74, 6) is 5.24. The van der Waals surface area contributed by atoms with E-state index in [1.807, 2.05) is 11.3 Å². The monoisotopic (exact) mass is 801 g/mol. The summed E-state index contributed by atoms with van der Waals surface area (Å²) in [6.45, 7) is 6.70. The first kappa shape index (κ1) is 33.8. The van der Waals surface area contributed by atoms with E-state index in [0.717, 1.165) is 73.2 Å². The second kappa shape index (κ2) is 11.6. The smallest absolute Gasteiger partial charge is 0.273 e. The third-order valence-corrected chi connectivity index (χ3v) is 14.9. The molecule has 0 saturated heterocycles. The van der Waals surface area contributed by atoms with E-state index in [9.17, 15) is 0 Å². The van der Waals surface area contributed by atoms with Crippen molar-refractivity contribution in [3.05, 3.63) is 192 Å². The maximum atomic E-state index is 7.53. The first-order chi connectivity index (χ1) is 29.9. The Labute approximate surface area is 357 Å². The van der Waals surface area contributed by atoms with Gasteiger partial charge in [-0.1, -0.05) is 130 Å². The van der Waals surface area contributed by atoms with Gasteiger partial charge in [-0.25, -0.2) is 0 Å². The molecule has 10 aromatic rings. The molecular weight excluding hydrogens is 765 g/mol. The Kier molecular flexibility index (Phi) is 6.44. The zero-order valence-electron chi connectivity index (χ0n) is 33.7. The molecule has 14 rings (SSSR count). The van der Waals surface area contributed by atoms with Crippen LogP contribution in [0.15, 0.2) is 164 Å². The molecular formula is C55H36BNO3S. The van der Waals surface area contributed by atoms with E-state index in [2.05, 4.69) is 189 Å². The Balaban J connectivity index is 1.19. The number of para-hydroxylation sites is 4. The molecule has 0 bridgehead atoms. The fourth-order valence-corrected chi connectivity index (χ4v) is 12.4. The normalized spacial score (nSPS) is 14.6. The van der Waals surface area contributed by atoms with Gasteiger partial charge in [0.2, 0.25) is 0 Å². The lowest BCUT2D eigenvalue weighted by atomic mass is 9.37. The molecule has 8 aromatic carbocycles. The molecule has 0 saturated carbocycles. The molecule has 4 aliphatic rings. The van der Waals surface area contributed by atoms with Gasteiger partial charge in [0.1, 0.15) is 34.5 Å². The summed E-state index contributed by atoms with van der Waals surface area (Å²) in [7, 11) is 0. The predicted molar refractivity (Wildman–Crippen MR) is 250 cm³/mol. The van der Waals surface area contributed by atoms with Crippen molar-refractivity contribution in [2.24, 2.45) is 0 Å². The van der Waals surface area contributed by atoms with Crippen LogP contribution in [0.1, 0.15) is 48.6 Å². The third kappa shape index (κ3) is 4.20. The van der Waals surface area contributed by atoms with Crippen LogP contribution < -0.4 is 29.9 Å². The Bertz CT molecular complexity index is 3490. The van der Waals surface area contributed by atoms with Crippen LogP contribution in [0, 0.1) is 0 Å². The van der Waals surface area contributed by atoms with Crippen LogP contribution in [0.2, 0.25) is 0 Å². The largest absolute Gasteiger partial charge is 0.458 e. The van der Waals surface area contributed by atoms with Gasteiger partial charge >= 0.3 is 0 Å². The summed E-state index contributed by atoms with van der Waals surface area (Å²) in [4.78, 5) is 0. The van der Waals surface area contributed by atoms with E-state index >= 15 is 0 Å². The van der Waals surface area contributed by atoms with Crippen LogP contribution in [-0.4, -0.2) is 11.3 Å². The van der Waals surface area contributed by atoms with Crippen LogP contribution >= 0.6 is 11.3 Å². The maximum Gasteiger partial charge on any atom is 0.273 e. The molecule has 0 unspecified atom stereocenters. The molecule has 5 heterocycles. The number of hydrogen-bond acceptors (Lipinski definition) is 4. The summed E-state index contributed by atoms with van der Waals surface area (Å²) < 4.78 is 26.3. The van der Waals surface area contributed by atoms with E-state index in [-0.39, 0.29) is 12.1 Å². The molecule has 0 amide bonds. The van der Waals surface area contributed by atoms with E-state index in [1.54, 1.807) is 0 Å². The summed E-state index contributed by atoms with van der Waals surface area (Å²) >= 11 is 1.85. The molecule has 3 aliphatic heterocycles. The Hall–Kier alpha value is -7.02. The lowest BCUT2D eigenvalue weighted by molar-refractivity contribution is 0.427. The molecule has 61 heavy (non-hydrogen) atoms. The van der Waals surface area contributed by atoms with Gasteiger partial charge in [-0.15, -0.1) is 11.3 Å². The van der Waals surface area contributed by atoms with Crippen LogP contribution in [0.4, 0.5) is 0 Å². The molecule has 1 aliphatic carbocycles. The van der Waals surface area contributed by atoms with Crippen molar-refractivity contribution in [3.8, 4) is 51.3 Å². The van der Waals surface area contributed by atoms with E-state index in [1.165, 1.54) is 53.5 Å². The molecule has 0 N–H and O–H groups in total. The highest BCUT2D eigenvalue weighted by Gasteiger charge is 2.56. The minimum absolute atomic E-state index is 0.00852. The lowest BCUT2D eigenvalue weighted by Gasteiger charge is -2.41. The predicted octanol–water partition coefficient (Wildman–Crippen LogP) is 12.5. The Morgan fingerprint density at radius 2 is 1.13 bits per heavy atom. The van der Waals surface area contributed by atoms with Gasteiger partial charge in [-0.3, -0.25) is 0 Å². The van der Waals surface area contributed by atoms with Gasteiger partial charge in [0.05, 0.1) is 22.1 Å². The number of nitrogens with zero attached hydrogens (tertiary/aromatic N) is 1. The number of thiophene rings is 1. The molecule has 288 valence electrons. The highest BCUT2D eigenvalue weighted by atomic mass is 32.1. The van der Waals surface area contributed by atoms with E-state index in [0.29, 0.717) is 0 Å². The summed E-state index contributed by atoms with van der Waals surface area (Å²) in [5.41, 5.74) is 13.1. The quantitative estimate of drug-likeness (QED) is 0.155. The standard InChI is InChI=1S/C55H36BNO3S/c1-54(2,3)31-27-28-47-35(29-31)51-53(61-47)56-39-30-42(57-40-21-10-5-15-32(40)33-16-6-11-22-41(33)57)48-34-17-4-7-18-36(34)55(49(48)52(39)60-46-26-14-25-45(59-51)50(46)56)37-19-8-12-23-43(37)58-44-24-13-9-20-38(44)55/h4-30H,1-3H3. The van der Waals surface area contributed by atoms with Crippen molar-refractivity contribution >= 4 is 65.6 Å². The van der Waals surface area contributed by atoms with Crippen molar-refractivity contribution in [1.82, 2.24) is 4.57 Å². The summed E-state index contributed by atoms with van der Waals surface area (Å²) in [6.07, 6.45) is 0. The van der Waals surface area contributed by atoms with E-state index < -0.39 is 5.41 Å². The molecule has 0 fully saturated rings. The zero-order valence-corrected chi connectivity index (χ0v) is 34.6. The van der Waals surface area contributed by atoms with Gasteiger partial charge in [-0.05, 0) is 82.2 Å². The number of benzene rings is 8. The van der Waals surface area contributed by atoms with Crippen LogP contribution in [0.3, 0.4) is 0 Å². The molecule has 2 aromatic heterocycles. The second-order valence-corrected chi connectivity index (χ2v) is 19.0. The molecule has 1 spiro atoms. The van der Waals surface area contributed by atoms with Gasteiger partial charge in [0.25, 0.3) is 6.71 Å². The first-order valence-electron chi connectivity index (χ1n) is 21.1. The average Bonchev–Trinajstić information content (AvgIpc) is 3.93. The van der Waals surface area contributed by atoms with Crippen molar-refractivity contribution in [3.63, 3.8) is 0 Å². The average molecular weight is 802 g/mol. The van der Waals surface area contributed by atoms with Crippen molar-refractivity contribution in [1.29, 1.82) is 0 Å². The number of fused-ring (bicyclic) bond motifs is 19. The minimum Gasteiger partial charge on any atom is -0.458 e. The first-order valence-corrected chi connectivity index (χ1v) is 21.9. The molecule has 0 radical (unpaired) electrons. The zero-order chi connectivity index (χ0) is 40.4. The highest BCUT2D eigenvalue weighted by molar-refractivity contribution is 7.33. The number of aromatic nitrogens is 1. The van der Waals surface area contributed by atoms with Gasteiger partial charge in [0.15, 0.2) is 0 Å². The van der Waals surface area contributed by atoms with Crippen LogP contribution in [-0.2, 0) is 10.8 Å². The van der Waals surface area contributed by atoms with Gasteiger partial charge < -0.3 is 18.8 Å². The van der Waals surface area contributed by atoms with Crippen LogP contribution in [0.5, 0.6) is 34.5 Å². The Morgan fingerprint density at radius 3 is 1.82 bits per heavy atom. The summed E-state index contributed by atoms with van der Waals surface area (Å²) in [5, 5.41) is 3.61. The number of hydrogen-bond donors (Lipinski definition) is 0. The van der Waals surface area contributed by atoms with Crippen molar-refractivity contribution < 1.29 is 14.2 Å². The second-order valence-electron chi connectivity index (χ2n) is 17.9. The van der Waals surface area contributed by atoms with Gasteiger partial charge in [-0.2, -0.15) is 0 Å². The van der Waals surface area contributed by atoms with Crippen molar-refractivity contribution in [2.45, 2.75) is 31.6 Å². The topological polar surface area (TPSA) is 32.6 Å². The van der Waals surface area contributed by atoms with Gasteiger partial charge in [0, 0.05) is 53.4 Å². The summed E-state index contributed by atoms with van der Waals surface area (Å²) in [6, 6.07) is 59.6. The highest BCUT2D eigenvalue weighted by Crippen LogP contribution is 2.65. The maximum absolute atomic E-state index is 7.53. The SMILES string of the molecule is CC(C)(C)c1ccc2sc3c(c2c1)Oc1cccc2c1B3c1cc(-n3c4ccccc4c4ccccc43)c3c(c1O2)C1(c2ccccc2Oc2ccccc21)c1ccccc1-3. The fourth-order valence-electron chi connectivity index (χ4n) is 11.2. The molecule has 6 heteroatoms. The van der Waals surface area contributed by atoms with E-state index in [4.69, 9.17) is 14.2 Å². The third-order valence-electron chi connectivity index (χ3n) is 13.7. The van der Waals surface area contributed by atoms with Crippen molar-refractivity contribution in [2.75, 3.05) is 0 Å². The molecule has 0 atom stereocenters. The Morgan fingerprint density at radius 1 is 0.541 bits per heavy atom. The fraction of sp³-hybridized carbons (Fsp3) is 0.0909. The number of ether oxygens (including phenoxy) is 3. The molecule has 4 nitrogen and oxygen atoms in total.